The second kappa shape index (κ2) is 9.38. The van der Waals surface area contributed by atoms with Gasteiger partial charge < -0.3 is 4.74 Å². The van der Waals surface area contributed by atoms with Crippen LogP contribution in [0.25, 0.3) is 27.4 Å². The van der Waals surface area contributed by atoms with Gasteiger partial charge in [0.25, 0.3) is 5.56 Å². The van der Waals surface area contributed by atoms with E-state index in [0.717, 1.165) is 12.1 Å². The summed E-state index contributed by atoms with van der Waals surface area (Å²) in [6, 6.07) is 11.0. The quantitative estimate of drug-likeness (QED) is 0.254. The van der Waals surface area contributed by atoms with Crippen LogP contribution in [0.3, 0.4) is 0 Å². The molecule has 0 bridgehead atoms. The molecule has 8 heteroatoms. The van der Waals surface area contributed by atoms with Crippen molar-refractivity contribution >= 4 is 27.5 Å². The molecule has 0 spiro atoms. The number of carbonyl (C=O) groups is 1. The Morgan fingerprint density at radius 3 is 2.47 bits per heavy atom. The van der Waals surface area contributed by atoms with E-state index in [0.29, 0.717) is 52.4 Å². The van der Waals surface area contributed by atoms with E-state index in [-0.39, 0.29) is 17.3 Å². The van der Waals surface area contributed by atoms with Crippen LogP contribution in [-0.2, 0) is 10.9 Å². The van der Waals surface area contributed by atoms with Crippen LogP contribution in [0.5, 0.6) is 0 Å². The van der Waals surface area contributed by atoms with E-state index in [1.54, 1.807) is 37.6 Å². The molecule has 4 aromatic rings. The molecular weight excluding hydrogens is 445 g/mol. The minimum absolute atomic E-state index is 0.0332. The van der Waals surface area contributed by atoms with Gasteiger partial charge >= 0.3 is 6.18 Å². The van der Waals surface area contributed by atoms with Crippen molar-refractivity contribution in [2.45, 2.75) is 25.9 Å². The number of rotatable bonds is 7. The molecule has 2 aromatic heterocycles. The Kier molecular flexibility index (Phi) is 6.52. The van der Waals surface area contributed by atoms with E-state index in [2.05, 4.69) is 4.98 Å². The number of pyridine rings is 2. The van der Waals surface area contributed by atoms with Gasteiger partial charge in [-0.25, -0.2) is 0 Å². The fourth-order valence-electron chi connectivity index (χ4n) is 4.09. The second-order valence-corrected chi connectivity index (χ2v) is 8.36. The molecule has 1 atom stereocenters. The number of fused-ring (bicyclic) bond motifs is 3. The monoisotopic (exact) mass is 468 g/mol. The SMILES string of the molecule is COC[C@@H](C)CCC(=O)c1ccc2c(c1)c1cnccc1c(=O)n2-c1ccc(C(F)(F)F)cc1. The fraction of sp³-hybridized carbons (Fsp3) is 0.269. The summed E-state index contributed by atoms with van der Waals surface area (Å²) in [5.74, 6) is 0.207. The number of ether oxygens (including phenoxy) is 1. The molecule has 2 aromatic carbocycles. The Morgan fingerprint density at radius 1 is 1.06 bits per heavy atom. The van der Waals surface area contributed by atoms with E-state index < -0.39 is 11.7 Å². The third-order valence-corrected chi connectivity index (χ3v) is 5.87. The fourth-order valence-corrected chi connectivity index (χ4v) is 4.09. The molecule has 2 heterocycles. The van der Waals surface area contributed by atoms with E-state index in [9.17, 15) is 22.8 Å². The van der Waals surface area contributed by atoms with Crippen molar-refractivity contribution in [1.29, 1.82) is 0 Å². The minimum Gasteiger partial charge on any atom is -0.384 e. The smallest absolute Gasteiger partial charge is 0.384 e. The van der Waals surface area contributed by atoms with E-state index in [4.69, 9.17) is 4.74 Å². The van der Waals surface area contributed by atoms with Gasteiger partial charge in [0.15, 0.2) is 5.78 Å². The standard InChI is InChI=1S/C26H23F3N2O3/c1-16(15-34-2)3-10-24(32)17-4-9-23-21(13-17)22-14-30-12-11-20(22)25(33)31(23)19-7-5-18(6-8-19)26(27,28)29/h4-9,11-14,16H,3,10,15H2,1-2H3/t16-/m0/s1. The number of carbonyl (C=O) groups excluding carboxylic acids is 1. The Hall–Kier alpha value is -3.52. The first kappa shape index (κ1) is 23.6. The largest absolute Gasteiger partial charge is 0.416 e. The Labute approximate surface area is 193 Å². The van der Waals surface area contributed by atoms with Crippen LogP contribution in [0, 0.1) is 5.92 Å². The lowest BCUT2D eigenvalue weighted by molar-refractivity contribution is -0.137. The maximum absolute atomic E-state index is 13.3. The summed E-state index contributed by atoms with van der Waals surface area (Å²) >= 11 is 0. The van der Waals surface area contributed by atoms with Crippen LogP contribution in [0.2, 0.25) is 0 Å². The van der Waals surface area contributed by atoms with Gasteiger partial charge in [-0.2, -0.15) is 13.2 Å². The van der Waals surface area contributed by atoms with Crippen molar-refractivity contribution in [3.63, 3.8) is 0 Å². The van der Waals surface area contributed by atoms with Crippen LogP contribution in [0.1, 0.15) is 35.7 Å². The van der Waals surface area contributed by atoms with Gasteiger partial charge in [0.1, 0.15) is 0 Å². The molecule has 0 unspecified atom stereocenters. The van der Waals surface area contributed by atoms with Crippen LogP contribution in [-0.4, -0.2) is 29.1 Å². The van der Waals surface area contributed by atoms with E-state index in [1.165, 1.54) is 22.9 Å². The third kappa shape index (κ3) is 4.59. The lowest BCUT2D eigenvalue weighted by Gasteiger charge is -2.15. The van der Waals surface area contributed by atoms with Crippen molar-refractivity contribution in [3.05, 3.63) is 82.4 Å². The summed E-state index contributed by atoms with van der Waals surface area (Å²) in [4.78, 5) is 30.3. The molecule has 0 saturated carbocycles. The van der Waals surface area contributed by atoms with Crippen molar-refractivity contribution < 1.29 is 22.7 Å². The molecule has 0 radical (unpaired) electrons. The zero-order valence-electron chi connectivity index (χ0n) is 18.7. The summed E-state index contributed by atoms with van der Waals surface area (Å²) in [7, 11) is 1.62. The number of alkyl halides is 3. The number of benzene rings is 2. The van der Waals surface area contributed by atoms with Crippen molar-refractivity contribution in [2.24, 2.45) is 5.92 Å². The van der Waals surface area contributed by atoms with Crippen molar-refractivity contribution in [2.75, 3.05) is 13.7 Å². The van der Waals surface area contributed by atoms with Crippen LogP contribution >= 0.6 is 0 Å². The summed E-state index contributed by atoms with van der Waals surface area (Å²) < 4.78 is 45.6. The molecule has 176 valence electrons. The maximum atomic E-state index is 13.3. The number of Topliss-reactive ketones (excluding diaryl/α,β-unsaturated/α-hetero) is 1. The normalized spacial score (nSPS) is 12.9. The third-order valence-electron chi connectivity index (χ3n) is 5.87. The lowest BCUT2D eigenvalue weighted by Crippen LogP contribution is -2.20. The molecular formula is C26H23F3N2O3. The van der Waals surface area contributed by atoms with Crippen molar-refractivity contribution in [3.8, 4) is 5.69 Å². The highest BCUT2D eigenvalue weighted by Crippen LogP contribution is 2.31. The van der Waals surface area contributed by atoms with Gasteiger partial charge in [0, 0.05) is 54.6 Å². The average molecular weight is 468 g/mol. The zero-order chi connectivity index (χ0) is 24.5. The minimum atomic E-state index is -4.48. The first-order valence-corrected chi connectivity index (χ1v) is 10.8. The number of methoxy groups -OCH3 is 1. The average Bonchev–Trinajstić information content (AvgIpc) is 2.82. The summed E-state index contributed by atoms with van der Waals surface area (Å²) in [6.45, 7) is 2.58. The number of hydrogen-bond donors (Lipinski definition) is 0. The predicted molar refractivity (Wildman–Crippen MR) is 124 cm³/mol. The highest BCUT2D eigenvalue weighted by atomic mass is 19.4. The highest BCUT2D eigenvalue weighted by Gasteiger charge is 2.30. The molecule has 34 heavy (non-hydrogen) atoms. The molecule has 4 rings (SSSR count). The van der Waals surface area contributed by atoms with Gasteiger partial charge in [-0.15, -0.1) is 0 Å². The molecule has 0 N–H and O–H groups in total. The summed E-state index contributed by atoms with van der Waals surface area (Å²) in [6.07, 6.45) is -0.399. The molecule has 0 amide bonds. The molecule has 5 nitrogen and oxygen atoms in total. The Morgan fingerprint density at radius 2 is 1.79 bits per heavy atom. The Balaban J connectivity index is 1.85. The zero-order valence-corrected chi connectivity index (χ0v) is 18.7. The predicted octanol–water partition coefficient (Wildman–Crippen LogP) is 5.80. The number of ketones is 1. The lowest BCUT2D eigenvalue weighted by atomic mass is 9.98. The number of hydrogen-bond acceptors (Lipinski definition) is 4. The van der Waals surface area contributed by atoms with Crippen LogP contribution in [0.15, 0.2) is 65.7 Å². The second-order valence-electron chi connectivity index (χ2n) is 8.36. The van der Waals surface area contributed by atoms with Gasteiger partial charge in [-0.3, -0.25) is 19.1 Å². The number of aromatic nitrogens is 2. The van der Waals surface area contributed by atoms with Gasteiger partial charge in [0.2, 0.25) is 0 Å². The first-order valence-electron chi connectivity index (χ1n) is 10.8. The molecule has 0 fully saturated rings. The Bertz CT molecular complexity index is 1410. The van der Waals surface area contributed by atoms with Crippen LogP contribution in [0.4, 0.5) is 13.2 Å². The van der Waals surface area contributed by atoms with Gasteiger partial charge in [0.05, 0.1) is 16.5 Å². The highest BCUT2D eigenvalue weighted by molar-refractivity contribution is 6.09. The topological polar surface area (TPSA) is 61.2 Å². The maximum Gasteiger partial charge on any atom is 0.416 e. The van der Waals surface area contributed by atoms with Crippen molar-refractivity contribution in [1.82, 2.24) is 9.55 Å². The number of halogens is 3. The molecule has 0 aliphatic carbocycles. The van der Waals surface area contributed by atoms with Gasteiger partial charge in [-0.1, -0.05) is 6.92 Å². The van der Waals surface area contributed by atoms with Gasteiger partial charge in [-0.05, 0) is 60.9 Å². The molecule has 0 aliphatic heterocycles. The van der Waals surface area contributed by atoms with Crippen LogP contribution < -0.4 is 5.56 Å². The number of nitrogens with zero attached hydrogens (tertiary/aromatic N) is 2. The summed E-state index contributed by atoms with van der Waals surface area (Å²) in [5.41, 5.74) is 0.106. The van der Waals surface area contributed by atoms with E-state index in [1.807, 2.05) is 6.92 Å². The first-order chi connectivity index (χ1) is 16.2. The molecule has 0 aliphatic rings. The molecule has 0 saturated heterocycles. The summed E-state index contributed by atoms with van der Waals surface area (Å²) in [5, 5.41) is 1.56. The van der Waals surface area contributed by atoms with E-state index >= 15 is 0 Å².